The Hall–Kier alpha value is -3.47. The van der Waals surface area contributed by atoms with Crippen LogP contribution in [-0.2, 0) is 29.0 Å². The minimum absolute atomic E-state index is 0.0347. The van der Waals surface area contributed by atoms with Crippen LogP contribution in [0.4, 0.5) is 4.39 Å². The fourth-order valence-electron chi connectivity index (χ4n) is 4.89. The predicted molar refractivity (Wildman–Crippen MR) is 141 cm³/mol. The molecule has 5 heteroatoms. The van der Waals surface area contributed by atoms with Crippen molar-refractivity contribution in [1.29, 1.82) is 0 Å². The van der Waals surface area contributed by atoms with Crippen molar-refractivity contribution >= 4 is 11.8 Å². The predicted octanol–water partition coefficient (Wildman–Crippen LogP) is 5.77. The second kappa shape index (κ2) is 12.5. The molecule has 0 saturated heterocycles. The van der Waals surface area contributed by atoms with Crippen LogP contribution < -0.4 is 5.32 Å². The lowest BCUT2D eigenvalue weighted by atomic mass is 9.94. The molecule has 4 nitrogen and oxygen atoms in total. The highest BCUT2D eigenvalue weighted by molar-refractivity contribution is 5.89. The van der Waals surface area contributed by atoms with Crippen molar-refractivity contribution in [3.8, 4) is 0 Å². The molecule has 0 unspecified atom stereocenters. The lowest BCUT2D eigenvalue weighted by Gasteiger charge is -2.33. The van der Waals surface area contributed by atoms with E-state index < -0.39 is 6.04 Å². The van der Waals surface area contributed by atoms with Crippen molar-refractivity contribution < 1.29 is 14.0 Å². The molecule has 188 valence electrons. The van der Waals surface area contributed by atoms with Gasteiger partial charge in [0.1, 0.15) is 11.9 Å². The van der Waals surface area contributed by atoms with Crippen LogP contribution in [0.15, 0.2) is 78.9 Å². The highest BCUT2D eigenvalue weighted by atomic mass is 19.1. The number of nitrogens with zero attached hydrogens (tertiary/aromatic N) is 1. The molecule has 0 spiro atoms. The first-order valence-corrected chi connectivity index (χ1v) is 12.9. The lowest BCUT2D eigenvalue weighted by Crippen LogP contribution is -2.53. The third-order valence-electron chi connectivity index (χ3n) is 7.00. The Morgan fingerprint density at radius 1 is 0.889 bits per heavy atom. The van der Waals surface area contributed by atoms with Crippen molar-refractivity contribution in [3.05, 3.63) is 107 Å². The van der Waals surface area contributed by atoms with Crippen LogP contribution in [0.2, 0.25) is 0 Å². The number of carbonyl (C=O) groups is 2. The smallest absolute Gasteiger partial charge is 0.243 e. The van der Waals surface area contributed by atoms with Crippen LogP contribution in [0.3, 0.4) is 0 Å². The topological polar surface area (TPSA) is 49.4 Å². The molecule has 0 aliphatic heterocycles. The molecule has 1 aliphatic carbocycles. The second-order valence-electron chi connectivity index (χ2n) is 9.82. The van der Waals surface area contributed by atoms with E-state index in [0.717, 1.165) is 42.4 Å². The molecular weight excluding hydrogens is 451 g/mol. The summed E-state index contributed by atoms with van der Waals surface area (Å²) in [6.07, 6.45) is 5.81. The Morgan fingerprint density at radius 3 is 2.25 bits per heavy atom. The van der Waals surface area contributed by atoms with Gasteiger partial charge >= 0.3 is 0 Å². The number of benzene rings is 3. The summed E-state index contributed by atoms with van der Waals surface area (Å²) in [7, 11) is 0. The summed E-state index contributed by atoms with van der Waals surface area (Å²) in [4.78, 5) is 29.1. The summed E-state index contributed by atoms with van der Waals surface area (Å²) in [6, 6.07) is 23.4. The van der Waals surface area contributed by atoms with Crippen LogP contribution in [0.1, 0.15) is 54.4 Å². The van der Waals surface area contributed by atoms with Gasteiger partial charge in [-0.1, -0.05) is 97.6 Å². The Kier molecular flexibility index (Phi) is 8.88. The largest absolute Gasteiger partial charge is 0.352 e. The number of rotatable bonds is 9. The summed E-state index contributed by atoms with van der Waals surface area (Å²) >= 11 is 0. The molecule has 0 radical (unpaired) electrons. The number of aryl methyl sites for hydroxylation is 1. The zero-order valence-corrected chi connectivity index (χ0v) is 21.0. The lowest BCUT2D eigenvalue weighted by molar-refractivity contribution is -0.141. The van der Waals surface area contributed by atoms with E-state index >= 15 is 0 Å². The van der Waals surface area contributed by atoms with Crippen molar-refractivity contribution in [2.75, 3.05) is 0 Å². The number of nitrogens with one attached hydrogen (secondary N) is 1. The molecule has 1 saturated carbocycles. The van der Waals surface area contributed by atoms with Gasteiger partial charge in [-0.25, -0.2) is 4.39 Å². The average molecular weight is 487 g/mol. The zero-order chi connectivity index (χ0) is 25.3. The van der Waals surface area contributed by atoms with Crippen LogP contribution in [0.5, 0.6) is 0 Å². The fourth-order valence-corrected chi connectivity index (χ4v) is 4.89. The van der Waals surface area contributed by atoms with Gasteiger partial charge in [0.15, 0.2) is 0 Å². The molecule has 0 heterocycles. The summed E-state index contributed by atoms with van der Waals surface area (Å²) in [6.45, 7) is 2.04. The normalized spacial score (nSPS) is 14.7. The van der Waals surface area contributed by atoms with Gasteiger partial charge in [-0.2, -0.15) is 0 Å². The Labute approximate surface area is 213 Å². The minimum Gasteiger partial charge on any atom is -0.352 e. The van der Waals surface area contributed by atoms with Gasteiger partial charge in [0, 0.05) is 24.6 Å². The Morgan fingerprint density at radius 2 is 1.56 bits per heavy atom. The first-order chi connectivity index (χ1) is 17.5. The molecule has 2 amide bonds. The van der Waals surface area contributed by atoms with Crippen LogP contribution in [-0.4, -0.2) is 28.8 Å². The van der Waals surface area contributed by atoms with Gasteiger partial charge in [-0.15, -0.1) is 0 Å². The van der Waals surface area contributed by atoms with Crippen molar-refractivity contribution in [1.82, 2.24) is 10.2 Å². The first kappa shape index (κ1) is 25.6. The van der Waals surface area contributed by atoms with Gasteiger partial charge in [0.2, 0.25) is 11.8 Å². The number of hydrogen-bond donors (Lipinski definition) is 1. The quantitative estimate of drug-likeness (QED) is 0.418. The third kappa shape index (κ3) is 7.03. The number of carbonyl (C=O) groups excluding carboxylic acids is 2. The average Bonchev–Trinajstić information content (AvgIpc) is 2.89. The highest BCUT2D eigenvalue weighted by Crippen LogP contribution is 2.21. The van der Waals surface area contributed by atoms with Crippen LogP contribution in [0, 0.1) is 12.7 Å². The number of amides is 2. The van der Waals surface area contributed by atoms with E-state index in [4.69, 9.17) is 0 Å². The monoisotopic (exact) mass is 486 g/mol. The van der Waals surface area contributed by atoms with E-state index in [1.165, 1.54) is 12.5 Å². The summed E-state index contributed by atoms with van der Waals surface area (Å²) in [5.41, 5.74) is 3.35. The maximum absolute atomic E-state index is 14.7. The Balaban J connectivity index is 1.65. The van der Waals surface area contributed by atoms with E-state index in [9.17, 15) is 14.0 Å². The minimum atomic E-state index is -0.744. The highest BCUT2D eigenvalue weighted by Gasteiger charge is 2.32. The zero-order valence-electron chi connectivity index (χ0n) is 21.0. The molecule has 0 bridgehead atoms. The number of halogens is 1. The molecule has 0 aromatic heterocycles. The second-order valence-corrected chi connectivity index (χ2v) is 9.82. The molecule has 4 rings (SSSR count). The maximum Gasteiger partial charge on any atom is 0.243 e. The van der Waals surface area contributed by atoms with Crippen LogP contribution in [0.25, 0.3) is 0 Å². The molecular formula is C31H35FN2O2. The van der Waals surface area contributed by atoms with Crippen LogP contribution >= 0.6 is 0 Å². The van der Waals surface area contributed by atoms with Crippen molar-refractivity contribution in [2.24, 2.45) is 0 Å². The molecule has 3 aromatic rings. The first-order valence-electron chi connectivity index (χ1n) is 12.9. The Bertz CT molecular complexity index is 1140. The summed E-state index contributed by atoms with van der Waals surface area (Å²) in [5.74, 6) is -0.738. The van der Waals surface area contributed by atoms with Gasteiger partial charge < -0.3 is 10.2 Å². The molecule has 3 aromatic carbocycles. The summed E-state index contributed by atoms with van der Waals surface area (Å²) in [5, 5.41) is 3.22. The molecule has 1 aliphatic rings. The van der Waals surface area contributed by atoms with Gasteiger partial charge in [-0.05, 0) is 37.0 Å². The van der Waals surface area contributed by atoms with E-state index in [1.54, 1.807) is 23.1 Å². The van der Waals surface area contributed by atoms with Gasteiger partial charge in [0.25, 0.3) is 0 Å². The SMILES string of the molecule is Cc1ccc(CC(=O)N(Cc2ccccc2F)[C@H](Cc2ccccc2)C(=O)NC2CCCCC2)cc1. The molecule has 1 fully saturated rings. The van der Waals surface area contributed by atoms with E-state index in [-0.39, 0.29) is 36.6 Å². The van der Waals surface area contributed by atoms with E-state index in [1.807, 2.05) is 61.5 Å². The van der Waals surface area contributed by atoms with Gasteiger partial charge in [0.05, 0.1) is 6.42 Å². The third-order valence-corrected chi connectivity index (χ3v) is 7.00. The molecule has 36 heavy (non-hydrogen) atoms. The fraction of sp³-hybridized carbons (Fsp3) is 0.355. The van der Waals surface area contributed by atoms with Crippen molar-refractivity contribution in [3.63, 3.8) is 0 Å². The maximum atomic E-state index is 14.7. The number of hydrogen-bond acceptors (Lipinski definition) is 2. The molecule has 1 N–H and O–H groups in total. The van der Waals surface area contributed by atoms with Crippen molar-refractivity contribution in [2.45, 2.75) is 70.5 Å². The van der Waals surface area contributed by atoms with E-state index in [2.05, 4.69) is 5.32 Å². The van der Waals surface area contributed by atoms with Gasteiger partial charge in [-0.3, -0.25) is 9.59 Å². The summed E-state index contributed by atoms with van der Waals surface area (Å²) < 4.78 is 14.7. The standard InChI is InChI=1S/C31H35FN2O2/c1-23-16-18-25(19-17-23)21-30(35)34(22-26-12-8-9-15-28(26)32)29(20-24-10-4-2-5-11-24)31(36)33-27-13-6-3-7-14-27/h2,4-5,8-12,15-19,27,29H,3,6-7,13-14,20-22H2,1H3,(H,33,36)/t29-/m1/s1. The molecule has 1 atom stereocenters. The van der Waals surface area contributed by atoms with E-state index in [0.29, 0.717) is 12.0 Å².